The van der Waals surface area contributed by atoms with Crippen molar-refractivity contribution in [3.8, 4) is 0 Å². The lowest BCUT2D eigenvalue weighted by Gasteiger charge is -2.16. The Hall–Kier alpha value is -3.56. The van der Waals surface area contributed by atoms with E-state index >= 15 is 0 Å². The molecule has 1 amide bonds. The molecule has 0 radical (unpaired) electrons. The van der Waals surface area contributed by atoms with Crippen molar-refractivity contribution in [3.05, 3.63) is 89.8 Å². The van der Waals surface area contributed by atoms with E-state index < -0.39 is 24.0 Å². The smallest absolute Gasteiger partial charge is 0.329 e. The molecule has 4 aromatic rings. The number of hydrogen-bond acceptors (Lipinski definition) is 7. The number of oxazole rings is 1. The molecule has 0 aliphatic rings. The van der Waals surface area contributed by atoms with Crippen LogP contribution in [0.5, 0.6) is 0 Å². The Labute approximate surface area is 207 Å². The molecule has 4 N–H and O–H groups in total. The molecule has 182 valence electrons. The zero-order valence-electron chi connectivity index (χ0n) is 19.4. The van der Waals surface area contributed by atoms with Crippen LogP contribution < -0.4 is 11.1 Å². The average molecular weight is 493 g/mol. The summed E-state index contributed by atoms with van der Waals surface area (Å²) in [4.78, 5) is 32.8. The van der Waals surface area contributed by atoms with Gasteiger partial charge in [-0.2, -0.15) is 11.8 Å². The first-order valence-electron chi connectivity index (χ1n) is 11.4. The summed E-state index contributed by atoms with van der Waals surface area (Å²) in [5.41, 5.74) is 9.59. The van der Waals surface area contributed by atoms with Gasteiger partial charge in [-0.15, -0.1) is 0 Å². The lowest BCUT2D eigenvalue weighted by molar-refractivity contribution is -0.144. The number of nitrogens with zero attached hydrogens (tertiary/aromatic N) is 1. The maximum absolute atomic E-state index is 12.8. The van der Waals surface area contributed by atoms with Crippen LogP contribution in [-0.4, -0.2) is 40.2 Å². The van der Waals surface area contributed by atoms with Gasteiger partial charge < -0.3 is 25.2 Å². The fraction of sp³-hybridized carbons (Fsp3) is 0.269. The van der Waals surface area contributed by atoms with Gasteiger partial charge in [0.25, 0.3) is 5.91 Å². The number of hydrogen-bond donors (Lipinski definition) is 3. The highest BCUT2D eigenvalue weighted by Gasteiger charge is 2.25. The van der Waals surface area contributed by atoms with Crippen molar-refractivity contribution in [2.24, 2.45) is 5.73 Å². The summed E-state index contributed by atoms with van der Waals surface area (Å²) in [6, 6.07) is 16.5. The van der Waals surface area contributed by atoms with Crippen molar-refractivity contribution in [1.29, 1.82) is 0 Å². The van der Waals surface area contributed by atoms with Crippen LogP contribution in [0.25, 0.3) is 10.9 Å². The number of amides is 1. The number of carbonyl (C=O) groups is 2. The maximum atomic E-state index is 12.8. The number of thioether (sulfide) groups is 1. The first-order chi connectivity index (χ1) is 17.0. The molecule has 0 saturated heterocycles. The second kappa shape index (κ2) is 11.7. The predicted molar refractivity (Wildman–Crippen MR) is 136 cm³/mol. The Bertz CT molecular complexity index is 1270. The molecule has 0 saturated carbocycles. The van der Waals surface area contributed by atoms with Crippen LogP contribution in [0, 0.1) is 0 Å². The van der Waals surface area contributed by atoms with Gasteiger partial charge in [-0.3, -0.25) is 4.79 Å². The number of benzene rings is 2. The normalized spacial score (nSPS) is 12.9. The van der Waals surface area contributed by atoms with E-state index in [2.05, 4.69) is 15.3 Å². The van der Waals surface area contributed by atoms with Crippen molar-refractivity contribution < 1.29 is 18.7 Å². The van der Waals surface area contributed by atoms with Gasteiger partial charge in [0.05, 0.1) is 12.6 Å². The van der Waals surface area contributed by atoms with E-state index in [1.807, 2.05) is 60.8 Å². The maximum Gasteiger partial charge on any atom is 0.329 e. The molecule has 0 aliphatic carbocycles. The molecule has 0 spiro atoms. The minimum atomic E-state index is -0.809. The van der Waals surface area contributed by atoms with Crippen molar-refractivity contribution >= 4 is 34.5 Å². The molecule has 2 aromatic carbocycles. The van der Waals surface area contributed by atoms with Crippen LogP contribution in [-0.2, 0) is 21.7 Å². The fourth-order valence-electron chi connectivity index (χ4n) is 3.70. The van der Waals surface area contributed by atoms with Gasteiger partial charge in [-0.1, -0.05) is 48.5 Å². The molecular formula is C26H28N4O4S. The molecule has 2 atom stereocenters. The molecular weight excluding hydrogens is 464 g/mol. The van der Waals surface area contributed by atoms with E-state index in [-0.39, 0.29) is 18.2 Å². The monoisotopic (exact) mass is 492 g/mol. The number of fused-ring (bicyclic) bond motifs is 1. The highest BCUT2D eigenvalue weighted by atomic mass is 32.2. The molecule has 0 fully saturated rings. The number of ether oxygens (including phenoxy) is 1. The quantitative estimate of drug-likeness (QED) is 0.271. The number of aromatic nitrogens is 2. The SMILES string of the molecule is CCOC(=O)C(CSCc1ccccc1)NC(=O)c1coc(C(N)Cc2c[nH]c3ccccc23)n1. The highest BCUT2D eigenvalue weighted by molar-refractivity contribution is 7.98. The second-order valence-corrected chi connectivity index (χ2v) is 9.05. The Kier molecular flexibility index (Phi) is 8.23. The molecule has 9 heteroatoms. The summed E-state index contributed by atoms with van der Waals surface area (Å²) in [7, 11) is 0. The first kappa shape index (κ1) is 24.6. The minimum absolute atomic E-state index is 0.0664. The van der Waals surface area contributed by atoms with Gasteiger partial charge in [0, 0.05) is 28.6 Å². The largest absolute Gasteiger partial charge is 0.464 e. The summed E-state index contributed by atoms with van der Waals surface area (Å²) in [6.07, 6.45) is 3.67. The number of para-hydroxylation sites is 1. The molecule has 8 nitrogen and oxygen atoms in total. The lowest BCUT2D eigenvalue weighted by atomic mass is 10.1. The molecule has 4 rings (SSSR count). The standard InChI is InChI=1S/C26H28N4O4S/c1-2-33-26(32)23(16-35-15-17-8-4-3-5-9-17)29-24(31)22-14-34-25(30-22)20(27)12-18-13-28-21-11-7-6-10-19(18)21/h3-11,13-14,20,23,28H,2,12,15-16,27H2,1H3,(H,29,31). The summed E-state index contributed by atoms with van der Waals surface area (Å²) in [5, 5.41) is 3.80. The van der Waals surface area contributed by atoms with Crippen LogP contribution in [0.2, 0.25) is 0 Å². The van der Waals surface area contributed by atoms with Crippen molar-refractivity contribution in [1.82, 2.24) is 15.3 Å². The first-order valence-corrected chi connectivity index (χ1v) is 12.6. The second-order valence-electron chi connectivity index (χ2n) is 8.02. The number of esters is 1. The number of nitrogens with two attached hydrogens (primary N) is 1. The van der Waals surface area contributed by atoms with Crippen LogP contribution in [0.4, 0.5) is 0 Å². The summed E-state index contributed by atoms with van der Waals surface area (Å²) in [5.74, 6) is 0.332. The summed E-state index contributed by atoms with van der Waals surface area (Å²) >= 11 is 1.54. The minimum Gasteiger partial charge on any atom is -0.464 e. The number of H-pyrrole nitrogens is 1. The zero-order chi connectivity index (χ0) is 24.6. The van der Waals surface area contributed by atoms with Gasteiger partial charge in [-0.25, -0.2) is 9.78 Å². The van der Waals surface area contributed by atoms with E-state index in [4.69, 9.17) is 14.9 Å². The Morgan fingerprint density at radius 1 is 1.17 bits per heavy atom. The third kappa shape index (κ3) is 6.32. The van der Waals surface area contributed by atoms with Gasteiger partial charge in [-0.05, 0) is 30.5 Å². The molecule has 2 aromatic heterocycles. The van der Waals surface area contributed by atoms with Gasteiger partial charge in [0.2, 0.25) is 5.89 Å². The average Bonchev–Trinajstić information content (AvgIpc) is 3.52. The number of aromatic amines is 1. The number of rotatable bonds is 11. The molecule has 0 aliphatic heterocycles. The molecule has 0 bridgehead atoms. The zero-order valence-corrected chi connectivity index (χ0v) is 20.2. The third-order valence-electron chi connectivity index (χ3n) is 5.46. The third-order valence-corrected chi connectivity index (χ3v) is 6.57. The Morgan fingerprint density at radius 3 is 2.74 bits per heavy atom. The van der Waals surface area contributed by atoms with Crippen LogP contribution in [0.1, 0.15) is 40.5 Å². The van der Waals surface area contributed by atoms with Crippen LogP contribution in [0.3, 0.4) is 0 Å². The molecule has 2 heterocycles. The van der Waals surface area contributed by atoms with E-state index in [1.54, 1.807) is 6.92 Å². The number of carbonyl (C=O) groups excluding carboxylic acids is 2. The van der Waals surface area contributed by atoms with E-state index in [9.17, 15) is 9.59 Å². The van der Waals surface area contributed by atoms with Crippen LogP contribution in [0.15, 0.2) is 71.5 Å². The van der Waals surface area contributed by atoms with E-state index in [0.717, 1.165) is 22.0 Å². The number of nitrogens with one attached hydrogen (secondary N) is 2. The molecule has 35 heavy (non-hydrogen) atoms. The lowest BCUT2D eigenvalue weighted by Crippen LogP contribution is -2.43. The summed E-state index contributed by atoms with van der Waals surface area (Å²) < 4.78 is 10.7. The molecule has 2 unspecified atom stereocenters. The van der Waals surface area contributed by atoms with E-state index in [1.165, 1.54) is 18.0 Å². The van der Waals surface area contributed by atoms with Crippen molar-refractivity contribution in [2.45, 2.75) is 31.2 Å². The summed E-state index contributed by atoms with van der Waals surface area (Å²) in [6.45, 7) is 1.96. The fourth-order valence-corrected chi connectivity index (χ4v) is 4.70. The van der Waals surface area contributed by atoms with Crippen molar-refractivity contribution in [3.63, 3.8) is 0 Å². The topological polar surface area (TPSA) is 123 Å². The highest BCUT2D eigenvalue weighted by Crippen LogP contribution is 2.23. The predicted octanol–water partition coefficient (Wildman–Crippen LogP) is 3.99. The van der Waals surface area contributed by atoms with Gasteiger partial charge in [0.15, 0.2) is 5.69 Å². The van der Waals surface area contributed by atoms with Gasteiger partial charge >= 0.3 is 5.97 Å². The van der Waals surface area contributed by atoms with E-state index in [0.29, 0.717) is 17.9 Å². The van der Waals surface area contributed by atoms with Crippen LogP contribution >= 0.6 is 11.8 Å². The Morgan fingerprint density at radius 2 is 1.94 bits per heavy atom. The van der Waals surface area contributed by atoms with Gasteiger partial charge in [0.1, 0.15) is 12.3 Å². The van der Waals surface area contributed by atoms with Crippen molar-refractivity contribution in [2.75, 3.05) is 12.4 Å². The Balaban J connectivity index is 1.37.